The van der Waals surface area contributed by atoms with Gasteiger partial charge in [0.2, 0.25) is 0 Å². The monoisotopic (exact) mass is 409 g/mol. The van der Waals surface area contributed by atoms with E-state index in [0.717, 1.165) is 25.7 Å². The maximum Gasteiger partial charge on any atom is 0.331 e. The van der Waals surface area contributed by atoms with Crippen molar-refractivity contribution in [1.29, 1.82) is 0 Å². The molecule has 0 aliphatic heterocycles. The van der Waals surface area contributed by atoms with Crippen LogP contribution in [0.4, 0.5) is 0 Å². The summed E-state index contributed by atoms with van der Waals surface area (Å²) in [7, 11) is 1.51. The molecule has 6 nitrogen and oxygen atoms in total. The summed E-state index contributed by atoms with van der Waals surface area (Å²) in [6, 6.07) is 3.55. The molecule has 2 rings (SSSR count). The van der Waals surface area contributed by atoms with Crippen LogP contribution in [0.25, 0.3) is 6.08 Å². The van der Waals surface area contributed by atoms with Crippen LogP contribution in [0.15, 0.2) is 18.2 Å². The summed E-state index contributed by atoms with van der Waals surface area (Å²) in [4.78, 5) is 23.8. The first-order valence-electron chi connectivity index (χ1n) is 9.57. The minimum absolute atomic E-state index is 0.177. The van der Waals surface area contributed by atoms with Crippen LogP contribution in [-0.4, -0.2) is 38.2 Å². The molecule has 1 amide bonds. The van der Waals surface area contributed by atoms with Crippen LogP contribution in [0.5, 0.6) is 11.5 Å². The molecule has 1 aromatic rings. The van der Waals surface area contributed by atoms with Crippen molar-refractivity contribution in [3.05, 3.63) is 28.8 Å². The van der Waals surface area contributed by atoms with E-state index in [2.05, 4.69) is 12.2 Å². The van der Waals surface area contributed by atoms with E-state index in [1.807, 2.05) is 6.92 Å². The highest BCUT2D eigenvalue weighted by Gasteiger charge is 2.20. The number of methoxy groups -OCH3 is 1. The van der Waals surface area contributed by atoms with E-state index in [-0.39, 0.29) is 18.6 Å². The van der Waals surface area contributed by atoms with Crippen molar-refractivity contribution in [2.24, 2.45) is 5.92 Å². The van der Waals surface area contributed by atoms with Crippen LogP contribution in [0.1, 0.15) is 45.1 Å². The van der Waals surface area contributed by atoms with Crippen LogP contribution in [-0.2, 0) is 14.3 Å². The first-order valence-corrected chi connectivity index (χ1v) is 9.95. The molecule has 0 atom stereocenters. The molecule has 0 saturated heterocycles. The third kappa shape index (κ3) is 6.75. The lowest BCUT2D eigenvalue weighted by atomic mass is 9.87. The molecule has 0 aromatic heterocycles. The van der Waals surface area contributed by atoms with Gasteiger partial charge in [0.1, 0.15) is 0 Å². The number of carbonyl (C=O) groups excluding carboxylic acids is 2. The van der Waals surface area contributed by atoms with Gasteiger partial charge in [-0.3, -0.25) is 4.79 Å². The molecule has 1 fully saturated rings. The summed E-state index contributed by atoms with van der Waals surface area (Å²) < 4.78 is 15.7. The fourth-order valence-electron chi connectivity index (χ4n) is 3.17. The highest BCUT2D eigenvalue weighted by Crippen LogP contribution is 2.36. The van der Waals surface area contributed by atoms with Crippen molar-refractivity contribution < 1.29 is 23.8 Å². The third-order valence-electron chi connectivity index (χ3n) is 4.67. The number of esters is 1. The standard InChI is InChI=1S/C21H28ClNO5/c1-4-27-18-12-15(11-17(22)21(18)26-3)7-10-20(25)28-13-19(24)23-16-8-5-14(2)6-9-16/h7,10-12,14,16H,4-6,8-9,13H2,1-3H3,(H,23,24)/b10-7+. The van der Waals surface area contributed by atoms with Crippen molar-refractivity contribution in [3.8, 4) is 11.5 Å². The van der Waals surface area contributed by atoms with E-state index in [1.165, 1.54) is 13.2 Å². The van der Waals surface area contributed by atoms with Gasteiger partial charge >= 0.3 is 5.97 Å². The molecule has 0 unspecified atom stereocenters. The van der Waals surface area contributed by atoms with E-state index in [9.17, 15) is 9.59 Å². The average molecular weight is 410 g/mol. The van der Waals surface area contributed by atoms with Crippen molar-refractivity contribution >= 4 is 29.6 Å². The van der Waals surface area contributed by atoms with Gasteiger partial charge in [-0.15, -0.1) is 0 Å². The molecule has 0 radical (unpaired) electrons. The quantitative estimate of drug-likeness (QED) is 0.519. The van der Waals surface area contributed by atoms with Crippen molar-refractivity contribution in [2.45, 2.75) is 45.6 Å². The molecule has 154 valence electrons. The molecule has 1 N–H and O–H groups in total. The van der Waals surface area contributed by atoms with Gasteiger partial charge in [0.05, 0.1) is 18.7 Å². The van der Waals surface area contributed by atoms with Gasteiger partial charge in [0.15, 0.2) is 18.1 Å². The first-order chi connectivity index (χ1) is 13.4. The SMILES string of the molecule is CCOc1cc(/C=C/C(=O)OCC(=O)NC2CCC(C)CC2)cc(Cl)c1OC. The molecule has 1 aromatic carbocycles. The topological polar surface area (TPSA) is 73.9 Å². The molecule has 28 heavy (non-hydrogen) atoms. The zero-order valence-electron chi connectivity index (χ0n) is 16.6. The normalized spacial score (nSPS) is 19.3. The average Bonchev–Trinajstić information content (AvgIpc) is 2.67. The molecule has 0 bridgehead atoms. The van der Waals surface area contributed by atoms with E-state index in [0.29, 0.717) is 34.6 Å². The van der Waals surface area contributed by atoms with Gasteiger partial charge in [-0.1, -0.05) is 18.5 Å². The fraction of sp³-hybridized carbons (Fsp3) is 0.524. The predicted molar refractivity (Wildman–Crippen MR) is 109 cm³/mol. The number of carbonyl (C=O) groups is 2. The predicted octanol–water partition coefficient (Wildman–Crippen LogP) is 4.00. The first kappa shape index (κ1) is 22.1. The summed E-state index contributed by atoms with van der Waals surface area (Å²) in [6.07, 6.45) is 6.98. The molecule has 1 saturated carbocycles. The number of hydrogen-bond acceptors (Lipinski definition) is 5. The maximum absolute atomic E-state index is 11.9. The number of amides is 1. The number of halogens is 1. The van der Waals surface area contributed by atoms with Crippen LogP contribution in [0.2, 0.25) is 5.02 Å². The summed E-state index contributed by atoms with van der Waals surface area (Å²) in [5, 5.41) is 3.30. The van der Waals surface area contributed by atoms with Crippen LogP contribution in [0, 0.1) is 5.92 Å². The molecule has 1 aliphatic rings. The number of ether oxygens (including phenoxy) is 3. The van der Waals surface area contributed by atoms with E-state index in [1.54, 1.807) is 18.2 Å². The number of benzene rings is 1. The Bertz CT molecular complexity index is 711. The molecular weight excluding hydrogens is 382 g/mol. The Hall–Kier alpha value is -2.21. The molecular formula is C21H28ClNO5. The van der Waals surface area contributed by atoms with Gasteiger partial charge in [0.25, 0.3) is 5.91 Å². The van der Waals surface area contributed by atoms with E-state index in [4.69, 9.17) is 25.8 Å². The Morgan fingerprint density at radius 1 is 1.25 bits per heavy atom. The lowest BCUT2D eigenvalue weighted by Crippen LogP contribution is -2.39. The van der Waals surface area contributed by atoms with E-state index >= 15 is 0 Å². The summed E-state index contributed by atoms with van der Waals surface area (Å²) >= 11 is 6.18. The Morgan fingerprint density at radius 3 is 2.61 bits per heavy atom. The fourth-order valence-corrected chi connectivity index (χ4v) is 3.46. The minimum atomic E-state index is -0.600. The molecule has 0 heterocycles. The maximum atomic E-state index is 11.9. The van der Waals surface area contributed by atoms with Crippen LogP contribution >= 0.6 is 11.6 Å². The lowest BCUT2D eigenvalue weighted by molar-refractivity contribution is -0.144. The highest BCUT2D eigenvalue weighted by atomic mass is 35.5. The highest BCUT2D eigenvalue weighted by molar-refractivity contribution is 6.32. The largest absolute Gasteiger partial charge is 0.491 e. The second-order valence-corrected chi connectivity index (χ2v) is 7.34. The summed E-state index contributed by atoms with van der Waals surface area (Å²) in [6.45, 7) is 4.24. The van der Waals surface area contributed by atoms with Gasteiger partial charge < -0.3 is 19.5 Å². The third-order valence-corrected chi connectivity index (χ3v) is 4.95. The molecule has 7 heteroatoms. The van der Waals surface area contributed by atoms with Crippen LogP contribution in [0.3, 0.4) is 0 Å². The Morgan fingerprint density at radius 2 is 1.96 bits per heavy atom. The second-order valence-electron chi connectivity index (χ2n) is 6.93. The van der Waals surface area contributed by atoms with E-state index < -0.39 is 5.97 Å². The lowest BCUT2D eigenvalue weighted by Gasteiger charge is -2.26. The number of nitrogens with one attached hydrogen (secondary N) is 1. The number of rotatable bonds is 8. The van der Waals surface area contributed by atoms with Gasteiger partial charge in [-0.2, -0.15) is 0 Å². The van der Waals surface area contributed by atoms with Crippen molar-refractivity contribution in [3.63, 3.8) is 0 Å². The molecule has 0 spiro atoms. The van der Waals surface area contributed by atoms with Crippen molar-refractivity contribution in [2.75, 3.05) is 20.3 Å². The van der Waals surface area contributed by atoms with Gasteiger partial charge in [-0.25, -0.2) is 4.79 Å². The van der Waals surface area contributed by atoms with Crippen LogP contribution < -0.4 is 14.8 Å². The van der Waals surface area contributed by atoms with Gasteiger partial charge in [-0.05, 0) is 62.3 Å². The minimum Gasteiger partial charge on any atom is -0.491 e. The zero-order chi connectivity index (χ0) is 20.5. The summed E-state index contributed by atoms with van der Waals surface area (Å²) in [5.74, 6) is 0.777. The second kappa shape index (κ2) is 11.0. The Balaban J connectivity index is 1.85. The Kier molecular flexibility index (Phi) is 8.64. The van der Waals surface area contributed by atoms with Crippen molar-refractivity contribution in [1.82, 2.24) is 5.32 Å². The van der Waals surface area contributed by atoms with Gasteiger partial charge in [0, 0.05) is 12.1 Å². The smallest absolute Gasteiger partial charge is 0.331 e. The molecule has 1 aliphatic carbocycles. The number of hydrogen-bond donors (Lipinski definition) is 1. The summed E-state index contributed by atoms with van der Waals surface area (Å²) in [5.41, 5.74) is 0.659. The zero-order valence-corrected chi connectivity index (χ0v) is 17.4. The Labute approximate surface area is 171 Å².